The Hall–Kier alpha value is -2.87. The number of aromatic amines is 1. The molecular formula is C28H37N5O3. The maximum atomic E-state index is 13.2. The number of carbonyl (C=O) groups excluding carboxylic acids is 3. The minimum Gasteiger partial charge on any atom is -0.360 e. The molecule has 4 saturated carbocycles. The normalized spacial score (nSPS) is 29.8. The molecule has 4 bridgehead atoms. The van der Waals surface area contributed by atoms with Crippen LogP contribution in [0.4, 0.5) is 4.79 Å². The van der Waals surface area contributed by atoms with E-state index in [1.54, 1.807) is 6.20 Å². The van der Waals surface area contributed by atoms with Gasteiger partial charge in [-0.05, 0) is 75.3 Å². The lowest BCUT2D eigenvalue weighted by Crippen LogP contribution is -2.61. The zero-order chi connectivity index (χ0) is 24.7. The molecule has 0 radical (unpaired) electrons. The van der Waals surface area contributed by atoms with Crippen molar-refractivity contribution >= 4 is 28.7 Å². The van der Waals surface area contributed by atoms with Gasteiger partial charge in [-0.1, -0.05) is 18.2 Å². The number of nitrogens with zero attached hydrogens (tertiary/aromatic N) is 2. The van der Waals surface area contributed by atoms with Crippen LogP contribution in [-0.4, -0.2) is 70.9 Å². The fraction of sp³-hybridized carbons (Fsp3) is 0.607. The monoisotopic (exact) mass is 491 g/mol. The van der Waals surface area contributed by atoms with Crippen LogP contribution < -0.4 is 10.6 Å². The molecule has 5 fully saturated rings. The third-order valence-corrected chi connectivity index (χ3v) is 9.02. The number of nitrogens with one attached hydrogen (secondary N) is 3. The summed E-state index contributed by atoms with van der Waals surface area (Å²) in [7, 11) is 0. The number of benzene rings is 1. The minimum absolute atomic E-state index is 0.0494. The summed E-state index contributed by atoms with van der Waals surface area (Å²) < 4.78 is 0. The SMILES string of the molecule is O=C(CCN1CCCN(C(=O)c2c[nH]c3ccccc23)CC1)NC(=O)NC12CC3CC(CC(C3)C1)C2. The van der Waals surface area contributed by atoms with Gasteiger partial charge in [0.05, 0.1) is 5.56 Å². The van der Waals surface area contributed by atoms with Crippen molar-refractivity contribution in [3.63, 3.8) is 0 Å². The molecule has 2 aromatic rings. The van der Waals surface area contributed by atoms with E-state index in [2.05, 4.69) is 20.5 Å². The lowest BCUT2D eigenvalue weighted by Gasteiger charge is -2.56. The first kappa shape index (κ1) is 23.5. The molecule has 1 aromatic heterocycles. The number of carbonyl (C=O) groups is 3. The number of hydrogen-bond donors (Lipinski definition) is 3. The van der Waals surface area contributed by atoms with Crippen molar-refractivity contribution in [1.82, 2.24) is 25.4 Å². The number of H-pyrrole nitrogens is 1. The number of urea groups is 1. The molecule has 8 nitrogen and oxygen atoms in total. The highest BCUT2D eigenvalue weighted by atomic mass is 16.2. The fourth-order valence-electron chi connectivity index (χ4n) is 7.80. The van der Waals surface area contributed by atoms with E-state index in [1.165, 1.54) is 19.3 Å². The van der Waals surface area contributed by atoms with Gasteiger partial charge in [0, 0.05) is 55.2 Å². The highest BCUT2D eigenvalue weighted by Gasteiger charge is 2.51. The van der Waals surface area contributed by atoms with Crippen molar-refractivity contribution in [3.8, 4) is 0 Å². The first-order valence-electron chi connectivity index (χ1n) is 13.7. The molecule has 0 unspecified atom stereocenters. The quantitative estimate of drug-likeness (QED) is 0.596. The maximum absolute atomic E-state index is 13.2. The Balaban J connectivity index is 0.964. The van der Waals surface area contributed by atoms with E-state index < -0.39 is 0 Å². The molecule has 5 aliphatic rings. The van der Waals surface area contributed by atoms with E-state index in [0.29, 0.717) is 25.2 Å². The molecule has 0 spiro atoms. The summed E-state index contributed by atoms with van der Waals surface area (Å²) in [5.74, 6) is 2.06. The third-order valence-electron chi connectivity index (χ3n) is 9.02. The second-order valence-corrected chi connectivity index (χ2v) is 11.7. The molecule has 4 amide bonds. The summed E-state index contributed by atoms with van der Waals surface area (Å²) in [6, 6.07) is 7.53. The van der Waals surface area contributed by atoms with E-state index in [0.717, 1.165) is 67.4 Å². The van der Waals surface area contributed by atoms with Gasteiger partial charge in [0.25, 0.3) is 5.91 Å². The highest BCUT2D eigenvalue weighted by molar-refractivity contribution is 6.06. The van der Waals surface area contributed by atoms with Gasteiger partial charge in [0.15, 0.2) is 0 Å². The predicted molar refractivity (Wildman–Crippen MR) is 137 cm³/mol. The first-order chi connectivity index (χ1) is 17.5. The molecular weight excluding hydrogens is 454 g/mol. The van der Waals surface area contributed by atoms with Crippen molar-refractivity contribution < 1.29 is 14.4 Å². The number of amides is 4. The molecule has 36 heavy (non-hydrogen) atoms. The molecule has 192 valence electrons. The molecule has 1 aromatic carbocycles. The Morgan fingerprint density at radius 2 is 1.67 bits per heavy atom. The van der Waals surface area contributed by atoms with Gasteiger partial charge < -0.3 is 20.1 Å². The third kappa shape index (κ3) is 4.75. The van der Waals surface area contributed by atoms with E-state index >= 15 is 0 Å². The summed E-state index contributed by atoms with van der Waals surface area (Å²) in [4.78, 5) is 45.7. The molecule has 2 heterocycles. The van der Waals surface area contributed by atoms with Gasteiger partial charge in [-0.2, -0.15) is 0 Å². The second kappa shape index (κ2) is 9.54. The van der Waals surface area contributed by atoms with E-state index in [-0.39, 0.29) is 29.8 Å². The molecule has 3 N–H and O–H groups in total. The van der Waals surface area contributed by atoms with Crippen LogP contribution in [0.1, 0.15) is 61.7 Å². The zero-order valence-electron chi connectivity index (χ0n) is 20.9. The van der Waals surface area contributed by atoms with E-state index in [1.807, 2.05) is 29.2 Å². The van der Waals surface area contributed by atoms with Gasteiger partial charge in [-0.25, -0.2) is 4.79 Å². The van der Waals surface area contributed by atoms with E-state index in [9.17, 15) is 14.4 Å². The fourth-order valence-corrected chi connectivity index (χ4v) is 7.80. The molecule has 4 aliphatic carbocycles. The standard InChI is InChI=1S/C28H37N5O3/c34-25(30-27(36)31-28-15-19-12-20(16-28)14-21(13-19)17-28)6-9-32-7-3-8-33(11-10-32)26(35)23-18-29-24-5-2-1-4-22(23)24/h1-2,4-5,18-21,29H,3,6-17H2,(H2,30,31,34,36). The Morgan fingerprint density at radius 1 is 0.944 bits per heavy atom. The largest absolute Gasteiger partial charge is 0.360 e. The smallest absolute Gasteiger partial charge is 0.321 e. The summed E-state index contributed by atoms with van der Waals surface area (Å²) in [5.41, 5.74) is 1.59. The van der Waals surface area contributed by atoms with E-state index in [4.69, 9.17) is 0 Å². The molecule has 7 rings (SSSR count). The molecule has 8 heteroatoms. The Kier molecular flexibility index (Phi) is 6.23. The van der Waals surface area contributed by atoms with Crippen LogP contribution in [0.25, 0.3) is 10.9 Å². The van der Waals surface area contributed by atoms with Crippen molar-refractivity contribution in [2.75, 3.05) is 32.7 Å². The maximum Gasteiger partial charge on any atom is 0.321 e. The first-order valence-corrected chi connectivity index (χ1v) is 13.7. The van der Waals surface area contributed by atoms with Crippen LogP contribution in [-0.2, 0) is 4.79 Å². The van der Waals surface area contributed by atoms with Crippen LogP contribution in [0, 0.1) is 17.8 Å². The minimum atomic E-state index is -0.326. The molecule has 0 atom stereocenters. The predicted octanol–water partition coefficient (Wildman–Crippen LogP) is 3.50. The topological polar surface area (TPSA) is 97.5 Å². The van der Waals surface area contributed by atoms with Crippen molar-refractivity contribution in [3.05, 3.63) is 36.0 Å². The number of rotatable bonds is 5. The summed E-state index contributed by atoms with van der Waals surface area (Å²) >= 11 is 0. The van der Waals surface area contributed by atoms with Crippen molar-refractivity contribution in [2.45, 2.75) is 56.9 Å². The second-order valence-electron chi connectivity index (χ2n) is 11.7. The van der Waals surface area contributed by atoms with Crippen LogP contribution in [0.2, 0.25) is 0 Å². The van der Waals surface area contributed by atoms with Gasteiger partial charge in [0.1, 0.15) is 0 Å². The van der Waals surface area contributed by atoms with Gasteiger partial charge in [-0.3, -0.25) is 14.9 Å². The van der Waals surface area contributed by atoms with Crippen LogP contribution in [0.3, 0.4) is 0 Å². The Morgan fingerprint density at radius 3 is 2.42 bits per heavy atom. The number of para-hydroxylation sites is 1. The van der Waals surface area contributed by atoms with Crippen LogP contribution in [0.15, 0.2) is 30.5 Å². The number of aromatic nitrogens is 1. The van der Waals surface area contributed by atoms with Crippen LogP contribution in [0.5, 0.6) is 0 Å². The Bertz CT molecular complexity index is 1120. The highest BCUT2D eigenvalue weighted by Crippen LogP contribution is 2.55. The number of fused-ring (bicyclic) bond motifs is 1. The van der Waals surface area contributed by atoms with Crippen LogP contribution >= 0.6 is 0 Å². The zero-order valence-corrected chi connectivity index (χ0v) is 20.9. The van der Waals surface area contributed by atoms with Gasteiger partial charge in [0.2, 0.25) is 5.91 Å². The van der Waals surface area contributed by atoms with Gasteiger partial charge >= 0.3 is 6.03 Å². The van der Waals surface area contributed by atoms with Gasteiger partial charge in [-0.15, -0.1) is 0 Å². The summed E-state index contributed by atoms with van der Waals surface area (Å²) in [5, 5.41) is 6.76. The van der Waals surface area contributed by atoms with Crippen molar-refractivity contribution in [2.24, 2.45) is 17.8 Å². The summed E-state index contributed by atoms with van der Waals surface area (Å²) in [6.45, 7) is 3.48. The summed E-state index contributed by atoms with van der Waals surface area (Å²) in [6.07, 6.45) is 10.1. The van der Waals surface area contributed by atoms with Crippen molar-refractivity contribution in [1.29, 1.82) is 0 Å². The molecule has 1 saturated heterocycles. The lowest BCUT2D eigenvalue weighted by atomic mass is 9.53. The molecule has 1 aliphatic heterocycles. The average Bonchev–Trinajstić information content (AvgIpc) is 3.11. The average molecular weight is 492 g/mol. The number of hydrogen-bond acceptors (Lipinski definition) is 4. The Labute approximate surface area is 212 Å². The lowest BCUT2D eigenvalue weighted by molar-refractivity contribution is -0.120. The number of imide groups is 1.